The first-order valence-electron chi connectivity index (χ1n) is 12.5. The highest BCUT2D eigenvalue weighted by molar-refractivity contribution is 5.94. The van der Waals surface area contributed by atoms with E-state index in [1.54, 1.807) is 39.8 Å². The second kappa shape index (κ2) is 15.4. The topological polar surface area (TPSA) is 235 Å². The van der Waals surface area contributed by atoms with Gasteiger partial charge in [0.15, 0.2) is 5.96 Å². The lowest BCUT2D eigenvalue weighted by molar-refractivity contribution is -0.143. The van der Waals surface area contributed by atoms with Crippen LogP contribution in [0.5, 0.6) is 5.75 Å². The van der Waals surface area contributed by atoms with E-state index in [1.807, 2.05) is 0 Å². The molecule has 0 radical (unpaired) electrons. The van der Waals surface area contributed by atoms with Gasteiger partial charge in [0.25, 0.3) is 0 Å². The Morgan fingerprint density at radius 2 is 1.42 bits per heavy atom. The fraction of sp³-hybridized carbons (Fsp3) is 0.560. The smallest absolute Gasteiger partial charge is 0.326 e. The summed E-state index contributed by atoms with van der Waals surface area (Å²) in [5.74, 6) is -3.87. The van der Waals surface area contributed by atoms with Crippen molar-refractivity contribution >= 4 is 29.7 Å². The summed E-state index contributed by atoms with van der Waals surface area (Å²) in [4.78, 5) is 54.5. The van der Waals surface area contributed by atoms with Crippen molar-refractivity contribution < 1.29 is 29.4 Å². The number of phenolic OH excluding ortho intramolecular Hbond substituents is 1. The number of nitrogens with zero attached hydrogens (tertiary/aromatic N) is 1. The predicted octanol–water partition coefficient (Wildman–Crippen LogP) is -0.833. The number of phenols is 1. The lowest BCUT2D eigenvalue weighted by Gasteiger charge is -2.27. The molecule has 3 amide bonds. The number of carbonyl (C=O) groups is 4. The lowest BCUT2D eigenvalue weighted by atomic mass is 9.99. The van der Waals surface area contributed by atoms with Gasteiger partial charge in [-0.05, 0) is 42.4 Å². The summed E-state index contributed by atoms with van der Waals surface area (Å²) >= 11 is 0. The van der Waals surface area contributed by atoms with Crippen LogP contribution in [0.25, 0.3) is 0 Å². The third-order valence-electron chi connectivity index (χ3n) is 5.79. The number of guanidine groups is 1. The molecule has 0 aliphatic carbocycles. The number of aliphatic carboxylic acids is 1. The van der Waals surface area contributed by atoms with Crippen molar-refractivity contribution in [3.8, 4) is 5.75 Å². The first kappa shape index (κ1) is 32.2. The number of hydrogen-bond donors (Lipinski definition) is 8. The SMILES string of the molecule is CC(C)C(NC(=O)C(Cc1ccc(O)cc1)NC(=O)C(NC(=O)C(N)CCCN=C(N)N)C(C)C)C(=O)O. The average molecular weight is 536 g/mol. The van der Waals surface area contributed by atoms with E-state index in [9.17, 15) is 29.4 Å². The minimum absolute atomic E-state index is 0.0192. The maximum Gasteiger partial charge on any atom is 0.326 e. The highest BCUT2D eigenvalue weighted by Crippen LogP contribution is 2.13. The molecule has 0 fully saturated rings. The molecule has 0 saturated heterocycles. The Morgan fingerprint density at radius 3 is 1.92 bits per heavy atom. The molecule has 0 spiro atoms. The number of nitrogens with one attached hydrogen (secondary N) is 3. The van der Waals surface area contributed by atoms with Crippen molar-refractivity contribution in [1.29, 1.82) is 0 Å². The lowest BCUT2D eigenvalue weighted by Crippen LogP contribution is -2.59. The number of carbonyl (C=O) groups excluding carboxylic acids is 3. The van der Waals surface area contributed by atoms with Crippen molar-refractivity contribution in [1.82, 2.24) is 16.0 Å². The van der Waals surface area contributed by atoms with Gasteiger partial charge in [0.1, 0.15) is 23.9 Å². The molecule has 0 saturated carbocycles. The van der Waals surface area contributed by atoms with E-state index >= 15 is 0 Å². The molecule has 0 aromatic heterocycles. The Bertz CT molecular complexity index is 977. The van der Waals surface area contributed by atoms with Gasteiger partial charge >= 0.3 is 5.97 Å². The van der Waals surface area contributed by atoms with Crippen molar-refractivity contribution in [2.75, 3.05) is 6.54 Å². The first-order chi connectivity index (χ1) is 17.7. The van der Waals surface area contributed by atoms with Gasteiger partial charge in [0, 0.05) is 13.0 Å². The predicted molar refractivity (Wildman–Crippen MR) is 143 cm³/mol. The molecule has 0 aliphatic heterocycles. The van der Waals surface area contributed by atoms with Crippen molar-refractivity contribution in [2.24, 2.45) is 34.0 Å². The van der Waals surface area contributed by atoms with E-state index in [4.69, 9.17) is 17.2 Å². The van der Waals surface area contributed by atoms with Gasteiger partial charge in [-0.25, -0.2) is 4.79 Å². The van der Waals surface area contributed by atoms with Gasteiger partial charge in [-0.1, -0.05) is 39.8 Å². The second-order valence-electron chi connectivity index (χ2n) is 9.79. The number of benzene rings is 1. The normalized spacial score (nSPS) is 14.2. The maximum atomic E-state index is 13.2. The van der Waals surface area contributed by atoms with Crippen LogP contribution in [0.3, 0.4) is 0 Å². The Morgan fingerprint density at radius 1 is 0.868 bits per heavy atom. The molecule has 11 N–H and O–H groups in total. The zero-order chi connectivity index (χ0) is 29.0. The van der Waals surface area contributed by atoms with Crippen LogP contribution in [-0.4, -0.2) is 70.6 Å². The molecule has 0 aliphatic rings. The zero-order valence-electron chi connectivity index (χ0n) is 22.3. The summed E-state index contributed by atoms with van der Waals surface area (Å²) in [5.41, 5.74) is 17.1. The molecule has 38 heavy (non-hydrogen) atoms. The molecule has 212 valence electrons. The van der Waals surface area contributed by atoms with Gasteiger partial charge in [-0.2, -0.15) is 0 Å². The molecular formula is C25H41N7O6. The summed E-state index contributed by atoms with van der Waals surface area (Å²) in [7, 11) is 0. The Hall–Kier alpha value is -3.87. The molecule has 4 atom stereocenters. The Balaban J connectivity index is 3.03. The van der Waals surface area contributed by atoms with Gasteiger partial charge < -0.3 is 43.4 Å². The number of nitrogens with two attached hydrogens (primary N) is 3. The Kier molecular flexibility index (Phi) is 13.0. The van der Waals surface area contributed by atoms with Crippen LogP contribution in [0, 0.1) is 11.8 Å². The molecule has 1 rings (SSSR count). The maximum absolute atomic E-state index is 13.2. The third-order valence-corrected chi connectivity index (χ3v) is 5.79. The number of amides is 3. The van der Waals surface area contributed by atoms with Crippen LogP contribution in [0.4, 0.5) is 0 Å². The van der Waals surface area contributed by atoms with Crippen LogP contribution in [0.15, 0.2) is 29.3 Å². The molecular weight excluding hydrogens is 494 g/mol. The summed E-state index contributed by atoms with van der Waals surface area (Å²) in [6.45, 7) is 7.06. The van der Waals surface area contributed by atoms with Crippen LogP contribution in [0.2, 0.25) is 0 Å². The number of carboxylic acids is 1. The van der Waals surface area contributed by atoms with E-state index in [0.29, 0.717) is 18.5 Å². The molecule has 1 aromatic rings. The molecule has 13 heteroatoms. The van der Waals surface area contributed by atoms with Gasteiger partial charge in [0.05, 0.1) is 6.04 Å². The number of hydrogen-bond acceptors (Lipinski definition) is 7. The van der Waals surface area contributed by atoms with Crippen molar-refractivity contribution in [2.45, 2.75) is 71.1 Å². The number of carboxylic acid groups (broad SMARTS) is 1. The van der Waals surface area contributed by atoms with Crippen molar-refractivity contribution in [3.05, 3.63) is 29.8 Å². The van der Waals surface area contributed by atoms with Crippen LogP contribution in [-0.2, 0) is 25.6 Å². The third kappa shape index (κ3) is 11.0. The summed E-state index contributed by atoms with van der Waals surface area (Å²) in [6, 6.07) is 1.80. The van der Waals surface area contributed by atoms with Crippen LogP contribution < -0.4 is 33.2 Å². The monoisotopic (exact) mass is 535 g/mol. The molecule has 13 nitrogen and oxygen atoms in total. The summed E-state index contributed by atoms with van der Waals surface area (Å²) < 4.78 is 0. The standard InChI is InChI=1S/C25H41N7O6/c1-13(2)19(31-21(34)17(26)6-5-11-29-25(27)28)23(36)30-18(12-15-7-9-16(33)10-8-15)22(35)32-20(14(3)4)24(37)38/h7-10,13-14,17-20,33H,5-6,11-12,26H2,1-4H3,(H,30,36)(H,31,34)(H,32,35)(H,37,38)(H4,27,28,29). The summed E-state index contributed by atoms with van der Waals surface area (Å²) in [5, 5.41) is 26.8. The number of rotatable bonds is 15. The van der Waals surface area contributed by atoms with Gasteiger partial charge in [-0.15, -0.1) is 0 Å². The van der Waals surface area contributed by atoms with Crippen LogP contribution in [0.1, 0.15) is 46.1 Å². The minimum atomic E-state index is -1.20. The van der Waals surface area contributed by atoms with E-state index < -0.39 is 53.8 Å². The second-order valence-corrected chi connectivity index (χ2v) is 9.79. The van der Waals surface area contributed by atoms with Gasteiger partial charge in [-0.3, -0.25) is 19.4 Å². The van der Waals surface area contributed by atoms with E-state index in [-0.39, 0.29) is 30.5 Å². The van der Waals surface area contributed by atoms with Gasteiger partial charge in [0.2, 0.25) is 17.7 Å². The summed E-state index contributed by atoms with van der Waals surface area (Å²) in [6.07, 6.45) is 0.762. The first-order valence-corrected chi connectivity index (χ1v) is 12.5. The number of aliphatic imine (C=N–C) groups is 1. The molecule has 0 heterocycles. The van der Waals surface area contributed by atoms with E-state index in [1.165, 1.54) is 12.1 Å². The molecule has 0 bridgehead atoms. The number of aromatic hydroxyl groups is 1. The highest BCUT2D eigenvalue weighted by atomic mass is 16.4. The Labute approximate surface area is 222 Å². The average Bonchev–Trinajstić information content (AvgIpc) is 2.83. The fourth-order valence-electron chi connectivity index (χ4n) is 3.55. The fourth-order valence-corrected chi connectivity index (χ4v) is 3.55. The van der Waals surface area contributed by atoms with E-state index in [0.717, 1.165) is 0 Å². The quantitative estimate of drug-likeness (QED) is 0.0793. The molecule has 4 unspecified atom stereocenters. The zero-order valence-corrected chi connectivity index (χ0v) is 22.3. The highest BCUT2D eigenvalue weighted by Gasteiger charge is 2.32. The van der Waals surface area contributed by atoms with Crippen molar-refractivity contribution in [3.63, 3.8) is 0 Å². The minimum Gasteiger partial charge on any atom is -0.508 e. The van der Waals surface area contributed by atoms with Crippen LogP contribution >= 0.6 is 0 Å². The van der Waals surface area contributed by atoms with E-state index in [2.05, 4.69) is 20.9 Å². The molecule has 1 aromatic carbocycles. The largest absolute Gasteiger partial charge is 0.508 e.